The Balaban J connectivity index is 2.23. The Labute approximate surface area is 115 Å². The Morgan fingerprint density at radius 2 is 2.14 bits per heavy atom. The summed E-state index contributed by atoms with van der Waals surface area (Å²) < 4.78 is 0. The van der Waals surface area contributed by atoms with Crippen molar-refractivity contribution in [2.75, 3.05) is 5.43 Å². The van der Waals surface area contributed by atoms with Gasteiger partial charge in [-0.3, -0.25) is 19.9 Å². The van der Waals surface area contributed by atoms with Crippen LogP contribution in [-0.2, 0) is 0 Å². The molecule has 2 rings (SSSR count). The molecule has 0 bridgehead atoms. The van der Waals surface area contributed by atoms with E-state index < -0.39 is 27.7 Å². The standard InChI is InChI=1S/C10H8N6O5/c17-7-2-8(18)6(16(20)21)1-5(7)3-11-14-10-13-9(19)4-12-15-10/h1-4,17-18H,(H2,13,14,15,19)/b11-3+. The third-order valence-corrected chi connectivity index (χ3v) is 2.27. The van der Waals surface area contributed by atoms with Crippen LogP contribution in [-0.4, -0.2) is 36.5 Å². The Bertz CT molecular complexity index is 771. The molecule has 0 atom stereocenters. The van der Waals surface area contributed by atoms with Gasteiger partial charge in [-0.25, -0.2) is 5.43 Å². The highest BCUT2D eigenvalue weighted by atomic mass is 16.6. The minimum Gasteiger partial charge on any atom is -0.507 e. The van der Waals surface area contributed by atoms with E-state index in [9.17, 15) is 25.1 Å². The molecule has 4 N–H and O–H groups in total. The van der Waals surface area contributed by atoms with E-state index in [0.717, 1.165) is 24.5 Å². The van der Waals surface area contributed by atoms with Gasteiger partial charge in [-0.15, -0.1) is 10.2 Å². The summed E-state index contributed by atoms with van der Waals surface area (Å²) in [5.41, 5.74) is 1.23. The van der Waals surface area contributed by atoms with Gasteiger partial charge in [-0.1, -0.05) is 0 Å². The van der Waals surface area contributed by atoms with Crippen LogP contribution in [0.15, 0.2) is 28.2 Å². The van der Waals surface area contributed by atoms with Crippen LogP contribution in [0, 0.1) is 10.1 Å². The topological polar surface area (TPSA) is 167 Å². The Kier molecular flexibility index (Phi) is 3.74. The first kappa shape index (κ1) is 13.9. The summed E-state index contributed by atoms with van der Waals surface area (Å²) >= 11 is 0. The normalized spacial score (nSPS) is 10.7. The van der Waals surface area contributed by atoms with Crippen LogP contribution >= 0.6 is 0 Å². The van der Waals surface area contributed by atoms with E-state index in [1.807, 2.05) is 0 Å². The van der Waals surface area contributed by atoms with E-state index in [0.29, 0.717) is 0 Å². The summed E-state index contributed by atoms with van der Waals surface area (Å²) in [4.78, 5) is 23.1. The molecule has 11 nitrogen and oxygen atoms in total. The first-order valence-corrected chi connectivity index (χ1v) is 5.39. The first-order chi connectivity index (χ1) is 9.97. The van der Waals surface area contributed by atoms with Crippen molar-refractivity contribution < 1.29 is 15.1 Å². The summed E-state index contributed by atoms with van der Waals surface area (Å²) in [6.45, 7) is 0. The van der Waals surface area contributed by atoms with Crippen molar-refractivity contribution in [1.29, 1.82) is 0 Å². The van der Waals surface area contributed by atoms with Gasteiger partial charge in [0.25, 0.3) is 5.56 Å². The fourth-order valence-corrected chi connectivity index (χ4v) is 1.36. The van der Waals surface area contributed by atoms with Gasteiger partial charge in [-0.05, 0) is 0 Å². The third-order valence-electron chi connectivity index (χ3n) is 2.27. The van der Waals surface area contributed by atoms with E-state index >= 15 is 0 Å². The second-order valence-corrected chi connectivity index (χ2v) is 3.71. The number of nitrogens with zero attached hydrogens (tertiary/aromatic N) is 4. The van der Waals surface area contributed by atoms with Crippen molar-refractivity contribution in [3.8, 4) is 11.5 Å². The highest BCUT2D eigenvalue weighted by molar-refractivity contribution is 5.85. The monoisotopic (exact) mass is 292 g/mol. The molecule has 1 heterocycles. The smallest absolute Gasteiger partial charge is 0.311 e. The molecule has 21 heavy (non-hydrogen) atoms. The zero-order chi connectivity index (χ0) is 15.4. The fourth-order valence-electron chi connectivity index (χ4n) is 1.36. The number of nitrogens with one attached hydrogen (secondary N) is 2. The number of nitro benzene ring substituents is 1. The Hall–Kier alpha value is -3.50. The number of benzene rings is 1. The van der Waals surface area contributed by atoms with Crippen molar-refractivity contribution >= 4 is 17.9 Å². The van der Waals surface area contributed by atoms with Crippen LogP contribution in [0.2, 0.25) is 0 Å². The van der Waals surface area contributed by atoms with E-state index in [-0.39, 0.29) is 11.5 Å². The minimum atomic E-state index is -0.806. The molecule has 0 aliphatic heterocycles. The molecule has 0 amide bonds. The molecule has 0 saturated carbocycles. The zero-order valence-corrected chi connectivity index (χ0v) is 10.2. The van der Waals surface area contributed by atoms with Crippen molar-refractivity contribution in [2.24, 2.45) is 5.10 Å². The number of rotatable bonds is 4. The molecular formula is C10H8N6O5. The highest BCUT2D eigenvalue weighted by Gasteiger charge is 2.16. The quantitative estimate of drug-likeness (QED) is 0.345. The van der Waals surface area contributed by atoms with Gasteiger partial charge in [0.2, 0.25) is 5.95 Å². The number of aromatic nitrogens is 3. The molecule has 1 aromatic carbocycles. The van der Waals surface area contributed by atoms with Gasteiger partial charge in [0.15, 0.2) is 5.75 Å². The fraction of sp³-hybridized carbons (Fsp3) is 0. The van der Waals surface area contributed by atoms with Gasteiger partial charge in [-0.2, -0.15) is 5.10 Å². The first-order valence-electron chi connectivity index (χ1n) is 5.39. The van der Waals surface area contributed by atoms with E-state index in [2.05, 4.69) is 25.7 Å². The number of hydrogen-bond donors (Lipinski definition) is 4. The van der Waals surface area contributed by atoms with Gasteiger partial charge in [0.1, 0.15) is 11.9 Å². The number of nitro groups is 1. The number of H-pyrrole nitrogens is 1. The average Bonchev–Trinajstić information content (AvgIpc) is 2.41. The van der Waals surface area contributed by atoms with Crippen LogP contribution in [0.5, 0.6) is 11.5 Å². The third kappa shape index (κ3) is 3.28. The lowest BCUT2D eigenvalue weighted by Gasteiger charge is -2.01. The lowest BCUT2D eigenvalue weighted by molar-refractivity contribution is -0.385. The molecule has 108 valence electrons. The maximum atomic E-state index is 10.9. The number of hydrogen-bond acceptors (Lipinski definition) is 9. The molecular weight excluding hydrogens is 284 g/mol. The second-order valence-electron chi connectivity index (χ2n) is 3.71. The number of hydrazone groups is 1. The van der Waals surface area contributed by atoms with Crippen LogP contribution in [0.4, 0.5) is 11.6 Å². The summed E-state index contributed by atoms with van der Waals surface area (Å²) in [5, 5.41) is 40.0. The molecule has 0 fully saturated rings. The molecule has 1 aromatic heterocycles. The van der Waals surface area contributed by atoms with Crippen LogP contribution < -0.4 is 11.0 Å². The number of anilines is 1. The summed E-state index contributed by atoms with van der Waals surface area (Å²) in [6.07, 6.45) is 2.01. The predicted octanol–water partition coefficient (Wildman–Crippen LogP) is -0.0697. The molecule has 0 aliphatic rings. The summed E-state index contributed by atoms with van der Waals surface area (Å²) in [7, 11) is 0. The summed E-state index contributed by atoms with van der Waals surface area (Å²) in [6, 6.07) is 1.76. The molecule has 11 heteroatoms. The van der Waals surface area contributed by atoms with E-state index in [1.165, 1.54) is 0 Å². The Morgan fingerprint density at radius 3 is 2.81 bits per heavy atom. The SMILES string of the molecule is O=c1cnnc(N/N=C/c2cc([N+](=O)[O-])c(O)cc2O)[nH]1. The maximum absolute atomic E-state index is 10.9. The molecule has 0 aliphatic carbocycles. The summed E-state index contributed by atoms with van der Waals surface area (Å²) in [5.74, 6) is -1.12. The van der Waals surface area contributed by atoms with Crippen LogP contribution in [0.1, 0.15) is 5.56 Å². The Morgan fingerprint density at radius 1 is 1.38 bits per heavy atom. The van der Waals surface area contributed by atoms with Crippen molar-refractivity contribution in [3.63, 3.8) is 0 Å². The van der Waals surface area contributed by atoms with E-state index in [4.69, 9.17) is 0 Å². The molecule has 0 radical (unpaired) electrons. The molecule has 0 spiro atoms. The molecule has 0 saturated heterocycles. The van der Waals surface area contributed by atoms with Crippen LogP contribution in [0.3, 0.4) is 0 Å². The van der Waals surface area contributed by atoms with Gasteiger partial charge in [0.05, 0.1) is 11.1 Å². The van der Waals surface area contributed by atoms with E-state index in [1.54, 1.807) is 0 Å². The maximum Gasteiger partial charge on any atom is 0.311 e. The number of phenols is 2. The average molecular weight is 292 g/mol. The predicted molar refractivity (Wildman–Crippen MR) is 70.3 cm³/mol. The molecule has 2 aromatic rings. The van der Waals surface area contributed by atoms with Crippen molar-refractivity contribution in [1.82, 2.24) is 15.2 Å². The largest absolute Gasteiger partial charge is 0.507 e. The minimum absolute atomic E-state index is 0.0155. The number of aromatic hydroxyl groups is 2. The van der Waals surface area contributed by atoms with Gasteiger partial charge in [0, 0.05) is 17.7 Å². The van der Waals surface area contributed by atoms with Crippen molar-refractivity contribution in [3.05, 3.63) is 44.4 Å². The highest BCUT2D eigenvalue weighted by Crippen LogP contribution is 2.31. The van der Waals surface area contributed by atoms with Gasteiger partial charge < -0.3 is 10.2 Å². The number of phenolic OH excluding ortho intramolecular Hbond substituents is 2. The second kappa shape index (κ2) is 5.64. The zero-order valence-electron chi connectivity index (χ0n) is 10.2. The lowest BCUT2D eigenvalue weighted by atomic mass is 10.2. The molecule has 0 unspecified atom stereocenters. The van der Waals surface area contributed by atoms with Gasteiger partial charge >= 0.3 is 5.69 Å². The van der Waals surface area contributed by atoms with Crippen molar-refractivity contribution in [2.45, 2.75) is 0 Å². The lowest BCUT2D eigenvalue weighted by Crippen LogP contribution is -2.10. The van der Waals surface area contributed by atoms with Crippen LogP contribution in [0.25, 0.3) is 0 Å². The number of aromatic amines is 1.